The molecule has 33 heavy (non-hydrogen) atoms. The van der Waals surface area contributed by atoms with Gasteiger partial charge in [0, 0.05) is 35.8 Å². The van der Waals surface area contributed by atoms with E-state index >= 15 is 0 Å². The molecule has 174 valence electrons. The molecular weight excluding hydrogens is 439 g/mol. The predicted molar refractivity (Wildman–Crippen MR) is 129 cm³/mol. The number of aromatic nitrogens is 1. The van der Waals surface area contributed by atoms with E-state index in [2.05, 4.69) is 4.72 Å². The van der Waals surface area contributed by atoms with Crippen LogP contribution >= 0.6 is 0 Å². The second-order valence-corrected chi connectivity index (χ2v) is 10.6. The molecule has 0 spiro atoms. The first-order valence-corrected chi connectivity index (χ1v) is 13.1. The van der Waals surface area contributed by atoms with E-state index in [4.69, 9.17) is 0 Å². The first-order chi connectivity index (χ1) is 15.7. The summed E-state index contributed by atoms with van der Waals surface area (Å²) in [4.78, 5) is 13.3. The van der Waals surface area contributed by atoms with Crippen molar-refractivity contribution in [1.29, 1.82) is 0 Å². The van der Waals surface area contributed by atoms with Crippen LogP contribution in [0.15, 0.2) is 59.5 Å². The number of aryl methyl sites for hydroxylation is 3. The van der Waals surface area contributed by atoms with Crippen LogP contribution in [0.2, 0.25) is 0 Å². The molecule has 1 aromatic heterocycles. The quantitative estimate of drug-likeness (QED) is 0.590. The minimum Gasteiger partial charge on any atom is -0.316 e. The van der Waals surface area contributed by atoms with Gasteiger partial charge in [-0.1, -0.05) is 42.5 Å². The SMILES string of the molecule is CCn1ccc2c(c1=O)C(Cc1cccc(-c3cccc(C)c3F)c1)C(NS(C)(=O)=O)CC2. The molecule has 0 saturated carbocycles. The molecule has 4 rings (SSSR count). The van der Waals surface area contributed by atoms with Gasteiger partial charge >= 0.3 is 0 Å². The predicted octanol–water partition coefficient (Wildman–Crippen LogP) is 4.17. The first kappa shape index (κ1) is 23.4. The fourth-order valence-electron chi connectivity index (χ4n) is 4.86. The molecular formula is C26H29FN2O3S. The van der Waals surface area contributed by atoms with Crippen LogP contribution in [0.4, 0.5) is 4.39 Å². The van der Waals surface area contributed by atoms with Gasteiger partial charge in [0.25, 0.3) is 5.56 Å². The third kappa shape index (κ3) is 4.94. The maximum absolute atomic E-state index is 14.7. The highest BCUT2D eigenvalue weighted by atomic mass is 32.2. The first-order valence-electron chi connectivity index (χ1n) is 11.2. The Kier molecular flexibility index (Phi) is 6.54. The second-order valence-electron chi connectivity index (χ2n) is 8.83. The van der Waals surface area contributed by atoms with Crippen molar-refractivity contribution >= 4 is 10.0 Å². The largest absolute Gasteiger partial charge is 0.316 e. The molecule has 0 amide bonds. The molecule has 0 aliphatic heterocycles. The Morgan fingerprint density at radius 3 is 2.64 bits per heavy atom. The fraction of sp³-hybridized carbons (Fsp3) is 0.346. The van der Waals surface area contributed by atoms with Gasteiger partial charge in [-0.25, -0.2) is 17.5 Å². The average molecular weight is 469 g/mol. The van der Waals surface area contributed by atoms with E-state index in [1.807, 2.05) is 49.5 Å². The summed E-state index contributed by atoms with van der Waals surface area (Å²) in [5.74, 6) is -0.562. The van der Waals surface area contributed by atoms with Gasteiger partial charge in [-0.05, 0) is 61.4 Å². The van der Waals surface area contributed by atoms with Gasteiger partial charge in [-0.2, -0.15) is 0 Å². The van der Waals surface area contributed by atoms with Crippen LogP contribution in [0.25, 0.3) is 11.1 Å². The van der Waals surface area contributed by atoms with Crippen molar-refractivity contribution in [2.75, 3.05) is 6.26 Å². The Balaban J connectivity index is 1.78. The summed E-state index contributed by atoms with van der Waals surface area (Å²) >= 11 is 0. The zero-order chi connectivity index (χ0) is 23.8. The van der Waals surface area contributed by atoms with Gasteiger partial charge in [-0.3, -0.25) is 4.79 Å². The summed E-state index contributed by atoms with van der Waals surface area (Å²) in [5.41, 5.74) is 4.38. The Hall–Kier alpha value is -2.77. The van der Waals surface area contributed by atoms with Crippen LogP contribution < -0.4 is 10.3 Å². The van der Waals surface area contributed by atoms with Gasteiger partial charge in [0.15, 0.2) is 0 Å². The monoisotopic (exact) mass is 468 g/mol. The lowest BCUT2D eigenvalue weighted by Crippen LogP contribution is -2.45. The van der Waals surface area contributed by atoms with Crippen LogP contribution in [0.3, 0.4) is 0 Å². The molecule has 3 aromatic rings. The van der Waals surface area contributed by atoms with Crippen molar-refractivity contribution < 1.29 is 12.8 Å². The molecule has 1 N–H and O–H groups in total. The molecule has 0 saturated heterocycles. The number of benzene rings is 2. The third-order valence-electron chi connectivity index (χ3n) is 6.47. The number of sulfonamides is 1. The van der Waals surface area contributed by atoms with E-state index in [1.54, 1.807) is 23.6 Å². The normalized spacial score (nSPS) is 18.2. The number of hydrogen-bond donors (Lipinski definition) is 1. The lowest BCUT2D eigenvalue weighted by atomic mass is 9.77. The number of fused-ring (bicyclic) bond motifs is 1. The molecule has 0 fully saturated rings. The van der Waals surface area contributed by atoms with Crippen LogP contribution in [0.1, 0.15) is 41.5 Å². The zero-order valence-corrected chi connectivity index (χ0v) is 20.0. The zero-order valence-electron chi connectivity index (χ0n) is 19.1. The molecule has 0 bridgehead atoms. The van der Waals surface area contributed by atoms with Gasteiger partial charge in [0.05, 0.1) is 6.26 Å². The highest BCUT2D eigenvalue weighted by Crippen LogP contribution is 2.34. The van der Waals surface area contributed by atoms with Crippen molar-refractivity contribution in [3.8, 4) is 11.1 Å². The van der Waals surface area contributed by atoms with Crippen molar-refractivity contribution in [2.24, 2.45) is 0 Å². The van der Waals surface area contributed by atoms with E-state index in [0.29, 0.717) is 42.5 Å². The highest BCUT2D eigenvalue weighted by molar-refractivity contribution is 7.88. The van der Waals surface area contributed by atoms with E-state index in [9.17, 15) is 17.6 Å². The summed E-state index contributed by atoms with van der Waals surface area (Å²) in [6.07, 6.45) is 4.70. The standard InChI is InChI=1S/C26H29FN2O3S/c1-4-29-14-13-19-11-12-23(28-33(3,31)32)22(24(19)26(29)30)16-18-8-6-9-20(15-18)21-10-5-7-17(2)25(21)27/h5-10,13-15,22-23,28H,4,11-12,16H2,1-3H3. The number of pyridine rings is 1. The van der Waals surface area contributed by atoms with Crippen molar-refractivity contribution in [3.63, 3.8) is 0 Å². The molecule has 5 nitrogen and oxygen atoms in total. The van der Waals surface area contributed by atoms with Gasteiger partial charge in [0.2, 0.25) is 10.0 Å². The molecule has 0 radical (unpaired) electrons. The topological polar surface area (TPSA) is 68.2 Å². The van der Waals surface area contributed by atoms with Crippen LogP contribution in [-0.2, 0) is 29.4 Å². The molecule has 7 heteroatoms. The molecule has 1 heterocycles. The van der Waals surface area contributed by atoms with Crippen molar-refractivity contribution in [2.45, 2.75) is 51.6 Å². The summed E-state index contributed by atoms with van der Waals surface area (Å²) in [5, 5.41) is 0. The Labute approximate surface area is 194 Å². The summed E-state index contributed by atoms with van der Waals surface area (Å²) in [6.45, 7) is 4.20. The van der Waals surface area contributed by atoms with Crippen LogP contribution in [-0.4, -0.2) is 25.3 Å². The van der Waals surface area contributed by atoms with E-state index in [-0.39, 0.29) is 23.3 Å². The van der Waals surface area contributed by atoms with Gasteiger partial charge in [-0.15, -0.1) is 0 Å². The molecule has 1 aliphatic carbocycles. The number of rotatable bonds is 6. The van der Waals surface area contributed by atoms with Gasteiger partial charge in [0.1, 0.15) is 5.82 Å². The second kappa shape index (κ2) is 9.23. The smallest absolute Gasteiger partial charge is 0.254 e. The van der Waals surface area contributed by atoms with Crippen LogP contribution in [0, 0.1) is 12.7 Å². The Bertz CT molecular complexity index is 1350. The minimum absolute atomic E-state index is 0.0686. The molecule has 2 unspecified atom stereocenters. The lowest BCUT2D eigenvalue weighted by Gasteiger charge is -2.33. The minimum atomic E-state index is -3.45. The van der Waals surface area contributed by atoms with Crippen molar-refractivity contribution in [1.82, 2.24) is 9.29 Å². The summed E-state index contributed by atoms with van der Waals surface area (Å²) < 4.78 is 43.3. The maximum atomic E-state index is 14.7. The Morgan fingerprint density at radius 2 is 1.91 bits per heavy atom. The number of nitrogens with one attached hydrogen (secondary N) is 1. The Morgan fingerprint density at radius 1 is 1.15 bits per heavy atom. The fourth-order valence-corrected chi connectivity index (χ4v) is 5.69. The van der Waals surface area contributed by atoms with Gasteiger partial charge < -0.3 is 4.57 Å². The summed E-state index contributed by atoms with van der Waals surface area (Å²) in [6, 6.07) is 14.5. The highest BCUT2D eigenvalue weighted by Gasteiger charge is 2.34. The van der Waals surface area contributed by atoms with Crippen molar-refractivity contribution in [3.05, 3.63) is 93.2 Å². The van der Waals surface area contributed by atoms with E-state index in [1.165, 1.54) is 0 Å². The maximum Gasteiger partial charge on any atom is 0.254 e. The van der Waals surface area contributed by atoms with E-state index < -0.39 is 10.0 Å². The summed E-state index contributed by atoms with van der Waals surface area (Å²) in [7, 11) is -3.45. The average Bonchev–Trinajstić information content (AvgIpc) is 2.76. The van der Waals surface area contributed by atoms with E-state index in [0.717, 1.165) is 22.9 Å². The van der Waals surface area contributed by atoms with Crippen LogP contribution in [0.5, 0.6) is 0 Å². The number of hydrogen-bond acceptors (Lipinski definition) is 3. The molecule has 2 aromatic carbocycles. The number of halogens is 1. The molecule has 2 atom stereocenters. The third-order valence-corrected chi connectivity index (χ3v) is 7.20. The number of nitrogens with zero attached hydrogens (tertiary/aromatic N) is 1. The molecule has 1 aliphatic rings. The lowest BCUT2D eigenvalue weighted by molar-refractivity contribution is 0.424.